The van der Waals surface area contributed by atoms with Crippen LogP contribution in [0.15, 0.2) is 30.9 Å². The van der Waals surface area contributed by atoms with Gasteiger partial charge in [-0.15, -0.1) is 6.58 Å². The summed E-state index contributed by atoms with van der Waals surface area (Å²) in [6, 6.07) is 4.54. The van der Waals surface area contributed by atoms with Gasteiger partial charge in [0.25, 0.3) is 0 Å². The fraction of sp³-hybridized carbons (Fsp3) is 0.286. The van der Waals surface area contributed by atoms with Gasteiger partial charge in [0.15, 0.2) is 0 Å². The molecule has 1 aromatic carbocycles. The van der Waals surface area contributed by atoms with Crippen molar-refractivity contribution in [2.45, 2.75) is 13.8 Å². The smallest absolute Gasteiger partial charge is 0.337 e. The van der Waals surface area contributed by atoms with Crippen LogP contribution >= 0.6 is 0 Å². The lowest BCUT2D eigenvalue weighted by molar-refractivity contribution is 0.0698. The maximum Gasteiger partial charge on any atom is 0.337 e. The molecule has 5 heteroatoms. The molecule has 0 aliphatic heterocycles. The number of amides is 2. The number of nitrogens with one attached hydrogen (secondary N) is 1. The van der Waals surface area contributed by atoms with Gasteiger partial charge < -0.3 is 15.3 Å². The van der Waals surface area contributed by atoms with E-state index in [9.17, 15) is 9.59 Å². The number of likely N-dealkylation sites (N-methyl/N-ethyl adjacent to an activating group) is 1. The molecule has 0 saturated carbocycles. The van der Waals surface area contributed by atoms with Gasteiger partial charge in [-0.25, -0.2) is 9.59 Å². The van der Waals surface area contributed by atoms with Gasteiger partial charge >= 0.3 is 12.0 Å². The molecule has 0 fully saturated rings. The van der Waals surface area contributed by atoms with Gasteiger partial charge in [-0.3, -0.25) is 0 Å². The zero-order valence-corrected chi connectivity index (χ0v) is 11.1. The van der Waals surface area contributed by atoms with Crippen molar-refractivity contribution in [1.29, 1.82) is 0 Å². The fourth-order valence-corrected chi connectivity index (χ4v) is 1.71. The third-order valence-electron chi connectivity index (χ3n) is 2.75. The molecule has 0 atom stereocenters. The lowest BCUT2D eigenvalue weighted by Gasteiger charge is -2.21. The van der Waals surface area contributed by atoms with E-state index in [0.717, 1.165) is 0 Å². The number of carboxylic acids is 1. The molecule has 2 N–H and O–H groups in total. The average Bonchev–Trinajstić information content (AvgIpc) is 2.37. The number of hydrogen-bond donors (Lipinski definition) is 2. The van der Waals surface area contributed by atoms with E-state index < -0.39 is 5.97 Å². The highest BCUT2D eigenvalue weighted by Crippen LogP contribution is 2.21. The Bertz CT molecular complexity index is 497. The molecule has 2 amide bonds. The summed E-state index contributed by atoms with van der Waals surface area (Å²) in [5, 5.41) is 11.8. The monoisotopic (exact) mass is 262 g/mol. The first-order valence-electron chi connectivity index (χ1n) is 6.01. The average molecular weight is 262 g/mol. The largest absolute Gasteiger partial charge is 0.478 e. The van der Waals surface area contributed by atoms with Crippen LogP contribution in [0.3, 0.4) is 0 Å². The van der Waals surface area contributed by atoms with E-state index in [1.54, 1.807) is 25.1 Å². The molecular weight excluding hydrogens is 244 g/mol. The van der Waals surface area contributed by atoms with Crippen LogP contribution in [-0.2, 0) is 0 Å². The molecule has 102 valence electrons. The van der Waals surface area contributed by atoms with E-state index in [1.165, 1.54) is 11.0 Å². The molecule has 1 aromatic rings. The van der Waals surface area contributed by atoms with Crippen molar-refractivity contribution in [1.82, 2.24) is 4.90 Å². The quantitative estimate of drug-likeness (QED) is 0.801. The second kappa shape index (κ2) is 6.58. The summed E-state index contributed by atoms with van der Waals surface area (Å²) < 4.78 is 0. The SMILES string of the molecule is C=CCN(CC)C(=O)Nc1c(C)cccc1C(=O)O. The molecule has 0 heterocycles. The van der Waals surface area contributed by atoms with E-state index >= 15 is 0 Å². The van der Waals surface area contributed by atoms with Crippen LogP contribution in [0.2, 0.25) is 0 Å². The molecular formula is C14H18N2O3. The maximum atomic E-state index is 12.0. The molecule has 0 aliphatic rings. The van der Waals surface area contributed by atoms with Crippen LogP contribution in [-0.4, -0.2) is 35.1 Å². The van der Waals surface area contributed by atoms with Crippen LogP contribution in [0.5, 0.6) is 0 Å². The number of urea groups is 1. The Kier molecular flexibility index (Phi) is 5.11. The van der Waals surface area contributed by atoms with Crippen molar-refractivity contribution in [2.75, 3.05) is 18.4 Å². The number of anilines is 1. The number of aromatic carboxylic acids is 1. The van der Waals surface area contributed by atoms with Crippen LogP contribution in [0, 0.1) is 6.92 Å². The van der Waals surface area contributed by atoms with Crippen LogP contribution in [0.4, 0.5) is 10.5 Å². The third kappa shape index (κ3) is 3.58. The summed E-state index contributed by atoms with van der Waals surface area (Å²) in [6.45, 7) is 8.12. The normalized spacial score (nSPS) is 9.79. The molecule has 0 saturated heterocycles. The van der Waals surface area contributed by atoms with Crippen LogP contribution in [0.25, 0.3) is 0 Å². The minimum atomic E-state index is -1.06. The Hall–Kier alpha value is -2.30. The Morgan fingerprint density at radius 2 is 2.16 bits per heavy atom. The van der Waals surface area contributed by atoms with Gasteiger partial charge in [-0.2, -0.15) is 0 Å². The summed E-state index contributed by atoms with van der Waals surface area (Å²) in [5.41, 5.74) is 1.13. The molecule has 0 spiro atoms. The lowest BCUT2D eigenvalue weighted by atomic mass is 10.1. The third-order valence-corrected chi connectivity index (χ3v) is 2.75. The molecule has 1 rings (SSSR count). The van der Waals surface area contributed by atoms with Gasteiger partial charge in [0, 0.05) is 13.1 Å². The number of para-hydroxylation sites is 1. The Morgan fingerprint density at radius 1 is 1.47 bits per heavy atom. The van der Waals surface area contributed by atoms with Gasteiger partial charge in [-0.1, -0.05) is 18.2 Å². The second-order valence-electron chi connectivity index (χ2n) is 4.06. The van der Waals surface area contributed by atoms with Gasteiger partial charge in [0.05, 0.1) is 11.3 Å². The summed E-state index contributed by atoms with van der Waals surface area (Å²) in [7, 11) is 0. The van der Waals surface area contributed by atoms with Crippen molar-refractivity contribution in [2.24, 2.45) is 0 Å². The highest BCUT2D eigenvalue weighted by molar-refractivity contribution is 6.01. The first-order valence-corrected chi connectivity index (χ1v) is 6.01. The number of carbonyl (C=O) groups excluding carboxylic acids is 1. The zero-order valence-electron chi connectivity index (χ0n) is 11.1. The zero-order chi connectivity index (χ0) is 14.4. The number of carboxylic acid groups (broad SMARTS) is 1. The van der Waals surface area contributed by atoms with Crippen molar-refractivity contribution in [3.63, 3.8) is 0 Å². The summed E-state index contributed by atoms with van der Waals surface area (Å²) in [4.78, 5) is 24.7. The van der Waals surface area contributed by atoms with E-state index in [2.05, 4.69) is 11.9 Å². The molecule has 0 unspecified atom stereocenters. The molecule has 0 aliphatic carbocycles. The minimum absolute atomic E-state index is 0.0861. The Balaban J connectivity index is 3.01. The molecule has 19 heavy (non-hydrogen) atoms. The number of benzene rings is 1. The maximum absolute atomic E-state index is 12.0. The number of aryl methyl sites for hydroxylation is 1. The van der Waals surface area contributed by atoms with Crippen molar-refractivity contribution in [3.8, 4) is 0 Å². The summed E-state index contributed by atoms with van der Waals surface area (Å²) in [6.07, 6.45) is 1.62. The summed E-state index contributed by atoms with van der Waals surface area (Å²) >= 11 is 0. The van der Waals surface area contributed by atoms with E-state index in [4.69, 9.17) is 5.11 Å². The highest BCUT2D eigenvalue weighted by Gasteiger charge is 2.16. The second-order valence-corrected chi connectivity index (χ2v) is 4.06. The highest BCUT2D eigenvalue weighted by atomic mass is 16.4. The predicted molar refractivity (Wildman–Crippen MR) is 74.6 cm³/mol. The van der Waals surface area contributed by atoms with E-state index in [-0.39, 0.29) is 11.6 Å². The fourth-order valence-electron chi connectivity index (χ4n) is 1.71. The van der Waals surface area contributed by atoms with Gasteiger partial charge in [-0.05, 0) is 25.5 Å². The molecule has 5 nitrogen and oxygen atoms in total. The number of nitrogens with zero attached hydrogens (tertiary/aromatic N) is 1. The topological polar surface area (TPSA) is 69.6 Å². The number of hydrogen-bond acceptors (Lipinski definition) is 2. The first-order chi connectivity index (χ1) is 9.01. The molecule has 0 aromatic heterocycles. The summed E-state index contributed by atoms with van der Waals surface area (Å²) in [5.74, 6) is -1.06. The number of rotatable bonds is 5. The molecule has 0 bridgehead atoms. The van der Waals surface area contributed by atoms with Crippen molar-refractivity contribution >= 4 is 17.7 Å². The standard InChI is InChI=1S/C14H18N2O3/c1-4-9-16(5-2)14(19)15-12-10(3)7-6-8-11(12)13(17)18/h4,6-8H,1,5,9H2,2-3H3,(H,15,19)(H,17,18). The first kappa shape index (κ1) is 14.8. The minimum Gasteiger partial charge on any atom is -0.478 e. The van der Waals surface area contributed by atoms with Gasteiger partial charge in [0.1, 0.15) is 0 Å². The Labute approximate surface area is 112 Å². The van der Waals surface area contributed by atoms with E-state index in [1.807, 2.05) is 6.92 Å². The van der Waals surface area contributed by atoms with Crippen molar-refractivity contribution < 1.29 is 14.7 Å². The van der Waals surface area contributed by atoms with E-state index in [0.29, 0.717) is 24.3 Å². The number of carbonyl (C=O) groups is 2. The molecule has 0 radical (unpaired) electrons. The van der Waals surface area contributed by atoms with Crippen molar-refractivity contribution in [3.05, 3.63) is 42.0 Å². The predicted octanol–water partition coefficient (Wildman–Crippen LogP) is 2.73. The van der Waals surface area contributed by atoms with Crippen LogP contribution < -0.4 is 5.32 Å². The lowest BCUT2D eigenvalue weighted by Crippen LogP contribution is -2.35. The van der Waals surface area contributed by atoms with Crippen LogP contribution in [0.1, 0.15) is 22.8 Å². The Morgan fingerprint density at radius 3 is 2.68 bits per heavy atom. The van der Waals surface area contributed by atoms with Gasteiger partial charge in [0.2, 0.25) is 0 Å².